The number of hydrogen-bond donors (Lipinski definition) is 1. The summed E-state index contributed by atoms with van der Waals surface area (Å²) in [6, 6.07) is 0. The highest BCUT2D eigenvalue weighted by molar-refractivity contribution is 6.18. The molecule has 1 unspecified atom stereocenters. The van der Waals surface area contributed by atoms with Crippen molar-refractivity contribution in [3.8, 4) is 11.8 Å². The smallest absolute Gasteiger partial charge is 0.107 e. The van der Waals surface area contributed by atoms with Crippen molar-refractivity contribution in [1.29, 1.82) is 0 Å². The van der Waals surface area contributed by atoms with Crippen molar-refractivity contribution >= 4 is 11.6 Å². The predicted octanol–water partition coefficient (Wildman–Crippen LogP) is 1.41. The second kappa shape index (κ2) is 8.86. The molecule has 0 amide bonds. The normalized spacial score (nSPS) is 11.9. The Kier molecular flexibility index (Phi) is 8.69. The Morgan fingerprint density at radius 1 is 1.50 bits per heavy atom. The Labute approximate surface area is 78.9 Å². The van der Waals surface area contributed by atoms with Crippen LogP contribution in [-0.4, -0.2) is 30.3 Å². The summed E-state index contributed by atoms with van der Waals surface area (Å²) in [5.74, 6) is 5.99. The topological polar surface area (TPSA) is 29.5 Å². The fourth-order valence-corrected chi connectivity index (χ4v) is 0.644. The summed E-state index contributed by atoms with van der Waals surface area (Å²) in [5, 5.41) is 8.96. The zero-order chi connectivity index (χ0) is 9.23. The van der Waals surface area contributed by atoms with Crippen LogP contribution >= 0.6 is 11.6 Å². The van der Waals surface area contributed by atoms with E-state index in [1.54, 1.807) is 0 Å². The van der Waals surface area contributed by atoms with Gasteiger partial charge in [0.1, 0.15) is 6.61 Å². The lowest BCUT2D eigenvalue weighted by Crippen LogP contribution is -2.16. The van der Waals surface area contributed by atoms with E-state index in [0.29, 0.717) is 6.61 Å². The molecule has 0 rings (SSSR count). The van der Waals surface area contributed by atoms with Crippen LogP contribution in [0.1, 0.15) is 19.8 Å². The monoisotopic (exact) mass is 190 g/mol. The van der Waals surface area contributed by atoms with Gasteiger partial charge in [0, 0.05) is 6.42 Å². The first kappa shape index (κ1) is 11.8. The Morgan fingerprint density at radius 2 is 2.25 bits per heavy atom. The van der Waals surface area contributed by atoms with Gasteiger partial charge in [-0.15, -0.1) is 17.5 Å². The summed E-state index contributed by atoms with van der Waals surface area (Å²) >= 11 is 5.35. The van der Waals surface area contributed by atoms with E-state index in [9.17, 15) is 0 Å². The van der Waals surface area contributed by atoms with Crippen molar-refractivity contribution in [2.24, 2.45) is 0 Å². The molecule has 70 valence electrons. The molecule has 0 heterocycles. The standard InChI is InChI=1S/C9H15ClO2/c1-2-3-4-5-6-12-8-9(11)7-10/h9,11H,2-3,6-8H2,1H3. The Bertz CT molecular complexity index is 148. The van der Waals surface area contributed by atoms with E-state index in [1.165, 1.54) is 0 Å². The fourth-order valence-electron chi connectivity index (χ4n) is 0.555. The molecular weight excluding hydrogens is 176 g/mol. The molecule has 0 bridgehead atoms. The lowest BCUT2D eigenvalue weighted by molar-refractivity contribution is 0.0640. The number of halogens is 1. The zero-order valence-electron chi connectivity index (χ0n) is 7.35. The first-order valence-electron chi connectivity index (χ1n) is 4.08. The van der Waals surface area contributed by atoms with Crippen LogP contribution in [0.2, 0.25) is 0 Å². The number of aliphatic hydroxyl groups excluding tert-OH is 1. The highest BCUT2D eigenvalue weighted by Crippen LogP contribution is 1.88. The summed E-state index contributed by atoms with van der Waals surface area (Å²) in [6.07, 6.45) is 1.40. The van der Waals surface area contributed by atoms with Crippen LogP contribution in [0, 0.1) is 11.8 Å². The van der Waals surface area contributed by atoms with Crippen LogP contribution in [0.3, 0.4) is 0 Å². The lowest BCUT2D eigenvalue weighted by atomic mass is 10.3. The predicted molar refractivity (Wildman–Crippen MR) is 50.2 cm³/mol. The van der Waals surface area contributed by atoms with E-state index < -0.39 is 6.10 Å². The maximum absolute atomic E-state index is 8.96. The van der Waals surface area contributed by atoms with Crippen molar-refractivity contribution in [2.45, 2.75) is 25.9 Å². The van der Waals surface area contributed by atoms with Crippen molar-refractivity contribution in [3.63, 3.8) is 0 Å². The molecule has 0 aromatic heterocycles. The fraction of sp³-hybridized carbons (Fsp3) is 0.778. The minimum Gasteiger partial charge on any atom is -0.389 e. The van der Waals surface area contributed by atoms with Gasteiger partial charge < -0.3 is 9.84 Å². The van der Waals surface area contributed by atoms with Gasteiger partial charge in [0.2, 0.25) is 0 Å². The molecule has 2 nitrogen and oxygen atoms in total. The quantitative estimate of drug-likeness (QED) is 0.404. The molecule has 0 radical (unpaired) electrons. The van der Waals surface area contributed by atoms with Gasteiger partial charge >= 0.3 is 0 Å². The van der Waals surface area contributed by atoms with Crippen molar-refractivity contribution in [1.82, 2.24) is 0 Å². The second-order valence-corrected chi connectivity index (χ2v) is 2.74. The average Bonchev–Trinajstić information content (AvgIpc) is 2.10. The van der Waals surface area contributed by atoms with Gasteiger partial charge in [-0.1, -0.05) is 12.8 Å². The van der Waals surface area contributed by atoms with Crippen LogP contribution in [0.15, 0.2) is 0 Å². The molecule has 0 aliphatic heterocycles. The molecule has 0 saturated carbocycles. The van der Waals surface area contributed by atoms with Gasteiger partial charge in [0.15, 0.2) is 0 Å². The molecule has 0 spiro atoms. The van der Waals surface area contributed by atoms with Gasteiger partial charge in [-0.25, -0.2) is 0 Å². The number of rotatable bonds is 5. The van der Waals surface area contributed by atoms with Gasteiger partial charge in [-0.3, -0.25) is 0 Å². The third-order valence-corrected chi connectivity index (χ3v) is 1.52. The summed E-state index contributed by atoms with van der Waals surface area (Å²) < 4.78 is 5.02. The number of ether oxygens (including phenoxy) is 1. The third kappa shape index (κ3) is 7.87. The molecule has 1 atom stereocenters. The molecule has 0 fully saturated rings. The van der Waals surface area contributed by atoms with Gasteiger partial charge in [-0.2, -0.15) is 0 Å². The minimum atomic E-state index is -0.570. The SMILES string of the molecule is CCCC#CCOCC(O)CCl. The average molecular weight is 191 g/mol. The van der Waals surface area contributed by atoms with E-state index in [1.807, 2.05) is 0 Å². The second-order valence-electron chi connectivity index (χ2n) is 2.43. The summed E-state index contributed by atoms with van der Waals surface area (Å²) in [4.78, 5) is 0. The van der Waals surface area contributed by atoms with E-state index in [2.05, 4.69) is 18.8 Å². The minimum absolute atomic E-state index is 0.211. The van der Waals surface area contributed by atoms with Gasteiger partial charge in [0.05, 0.1) is 18.6 Å². The van der Waals surface area contributed by atoms with E-state index >= 15 is 0 Å². The van der Waals surface area contributed by atoms with E-state index in [0.717, 1.165) is 12.8 Å². The van der Waals surface area contributed by atoms with E-state index in [4.69, 9.17) is 21.4 Å². The van der Waals surface area contributed by atoms with E-state index in [-0.39, 0.29) is 12.5 Å². The number of hydrogen-bond acceptors (Lipinski definition) is 2. The number of unbranched alkanes of at least 4 members (excludes halogenated alkanes) is 1. The Balaban J connectivity index is 3.16. The van der Waals surface area contributed by atoms with Gasteiger partial charge in [-0.05, 0) is 6.42 Å². The molecule has 12 heavy (non-hydrogen) atoms. The first-order valence-corrected chi connectivity index (χ1v) is 4.62. The molecule has 0 aliphatic carbocycles. The van der Waals surface area contributed by atoms with Gasteiger partial charge in [0.25, 0.3) is 0 Å². The lowest BCUT2D eigenvalue weighted by Gasteiger charge is -2.04. The molecular formula is C9H15ClO2. The Hall–Kier alpha value is -0.230. The first-order chi connectivity index (χ1) is 5.81. The number of aliphatic hydroxyl groups is 1. The van der Waals surface area contributed by atoms with Crippen LogP contribution in [0.5, 0.6) is 0 Å². The van der Waals surface area contributed by atoms with Crippen LogP contribution in [0.4, 0.5) is 0 Å². The van der Waals surface area contributed by atoms with Crippen molar-refractivity contribution < 1.29 is 9.84 Å². The van der Waals surface area contributed by atoms with Crippen LogP contribution in [-0.2, 0) is 4.74 Å². The highest BCUT2D eigenvalue weighted by atomic mass is 35.5. The summed E-state index contributed by atoms with van der Waals surface area (Å²) in [6.45, 7) is 2.73. The molecule has 0 saturated heterocycles. The molecule has 1 N–H and O–H groups in total. The summed E-state index contributed by atoms with van der Waals surface area (Å²) in [7, 11) is 0. The van der Waals surface area contributed by atoms with Crippen LogP contribution < -0.4 is 0 Å². The largest absolute Gasteiger partial charge is 0.389 e. The molecule has 0 aliphatic rings. The molecule has 3 heteroatoms. The van der Waals surface area contributed by atoms with Crippen molar-refractivity contribution in [2.75, 3.05) is 19.1 Å². The Morgan fingerprint density at radius 3 is 2.83 bits per heavy atom. The number of alkyl halides is 1. The van der Waals surface area contributed by atoms with Crippen molar-refractivity contribution in [3.05, 3.63) is 0 Å². The molecule has 0 aromatic carbocycles. The maximum atomic E-state index is 8.96. The highest BCUT2D eigenvalue weighted by Gasteiger charge is 1.99. The third-order valence-electron chi connectivity index (χ3n) is 1.16. The summed E-state index contributed by atoms with van der Waals surface area (Å²) in [5.41, 5.74) is 0. The maximum Gasteiger partial charge on any atom is 0.107 e. The van der Waals surface area contributed by atoms with Crippen LogP contribution in [0.25, 0.3) is 0 Å². The molecule has 0 aromatic rings. The zero-order valence-corrected chi connectivity index (χ0v) is 8.10.